The highest BCUT2D eigenvalue weighted by molar-refractivity contribution is 7.48. The minimum atomic E-state index is -3.74. The highest BCUT2D eigenvalue weighted by atomic mass is 31.2. The van der Waals surface area contributed by atoms with E-state index in [9.17, 15) is 4.57 Å². The lowest BCUT2D eigenvalue weighted by Crippen LogP contribution is -2.00. The summed E-state index contributed by atoms with van der Waals surface area (Å²) in [6, 6.07) is 0. The lowest BCUT2D eigenvalue weighted by Gasteiger charge is -2.13. The second kappa shape index (κ2) is 15.0. The number of phosphoric ester groups is 1. The molecule has 0 saturated carbocycles. The minimum Gasteiger partial charge on any atom is -0.285 e. The molecule has 5 nitrogen and oxygen atoms in total. The smallest absolute Gasteiger partial charge is 0.285 e. The maximum atomic E-state index is 11.7. The van der Waals surface area contributed by atoms with E-state index in [2.05, 4.69) is 11.6 Å². The molecule has 0 saturated heterocycles. The molecule has 0 aromatic rings. The Balaban J connectivity index is 3.36. The number of rotatable bonds is 16. The summed E-state index contributed by atoms with van der Waals surface area (Å²) in [5, 5.41) is 8.56. The van der Waals surface area contributed by atoms with Crippen molar-refractivity contribution < 1.29 is 23.5 Å². The summed E-state index contributed by atoms with van der Waals surface area (Å²) in [5.74, 6) is 0. The number of hydrogen-bond donors (Lipinski definition) is 1. The van der Waals surface area contributed by atoms with Crippen molar-refractivity contribution in [1.82, 2.24) is 0 Å². The first-order valence-corrected chi connectivity index (χ1v) is 9.87. The fourth-order valence-corrected chi connectivity index (χ4v) is 2.98. The molecule has 6 heteroatoms. The first kappa shape index (κ1) is 21.1. The van der Waals surface area contributed by atoms with Crippen LogP contribution in [0.1, 0.15) is 84.5 Å². The Bertz CT molecular complexity index is 260. The minimum absolute atomic E-state index is 0.246. The van der Waals surface area contributed by atoms with Crippen molar-refractivity contribution in [3.05, 3.63) is 0 Å². The third-order valence-corrected chi connectivity index (χ3v) is 4.50. The predicted octanol–water partition coefficient (Wildman–Crippen LogP) is 5.95. The van der Waals surface area contributed by atoms with E-state index in [0.717, 1.165) is 19.3 Å². The van der Waals surface area contributed by atoms with Crippen LogP contribution in [0, 0.1) is 0 Å². The van der Waals surface area contributed by atoms with E-state index < -0.39 is 7.82 Å². The maximum Gasteiger partial charge on any atom is 0.501 e. The molecule has 21 heavy (non-hydrogen) atoms. The molecule has 0 spiro atoms. The van der Waals surface area contributed by atoms with E-state index in [4.69, 9.17) is 14.3 Å². The Morgan fingerprint density at radius 1 is 0.714 bits per heavy atom. The van der Waals surface area contributed by atoms with Crippen LogP contribution in [0.2, 0.25) is 0 Å². The van der Waals surface area contributed by atoms with Crippen LogP contribution in [0.4, 0.5) is 0 Å². The monoisotopic (exact) mass is 324 g/mol. The molecular weight excluding hydrogens is 291 g/mol. The van der Waals surface area contributed by atoms with Crippen molar-refractivity contribution in [3.8, 4) is 0 Å². The van der Waals surface area contributed by atoms with Crippen LogP contribution in [-0.4, -0.2) is 18.5 Å². The van der Waals surface area contributed by atoms with Crippen LogP contribution in [0.25, 0.3) is 0 Å². The average molecular weight is 324 g/mol. The van der Waals surface area contributed by atoms with Crippen molar-refractivity contribution in [2.75, 3.05) is 13.2 Å². The fraction of sp³-hybridized carbons (Fsp3) is 1.00. The van der Waals surface area contributed by atoms with Crippen LogP contribution >= 0.6 is 7.82 Å². The SMILES string of the molecule is CCCCCCCCCCCCOP(=O)(OO)OCCC. The summed E-state index contributed by atoms with van der Waals surface area (Å²) < 4.78 is 25.4. The summed E-state index contributed by atoms with van der Waals surface area (Å²) in [5.41, 5.74) is 0. The quantitative estimate of drug-likeness (QED) is 0.164. The van der Waals surface area contributed by atoms with Gasteiger partial charge in [-0.05, 0) is 12.8 Å². The third-order valence-electron chi connectivity index (χ3n) is 3.30. The molecule has 1 atom stereocenters. The Hall–Kier alpha value is 0.0700. The lowest BCUT2D eigenvalue weighted by molar-refractivity contribution is -0.166. The maximum absolute atomic E-state index is 11.7. The van der Waals surface area contributed by atoms with Crippen molar-refractivity contribution >= 4 is 7.82 Å². The Kier molecular flexibility index (Phi) is 15.0. The van der Waals surface area contributed by atoms with Gasteiger partial charge in [0.15, 0.2) is 0 Å². The normalized spacial score (nSPS) is 14.2. The predicted molar refractivity (Wildman–Crippen MR) is 85.4 cm³/mol. The van der Waals surface area contributed by atoms with Crippen molar-refractivity contribution in [2.24, 2.45) is 0 Å². The van der Waals surface area contributed by atoms with Gasteiger partial charge in [-0.2, -0.15) is 0 Å². The van der Waals surface area contributed by atoms with Gasteiger partial charge in [-0.25, -0.2) is 9.82 Å². The van der Waals surface area contributed by atoms with Gasteiger partial charge in [0.25, 0.3) is 0 Å². The Morgan fingerprint density at radius 3 is 1.67 bits per heavy atom. The standard InChI is InChI=1S/C15H33O5P/c1-3-5-6-7-8-9-10-11-12-13-15-19-21(17,20-16)18-14-4-2/h16H,3-15H2,1-2H3. The summed E-state index contributed by atoms with van der Waals surface area (Å²) in [6.45, 7) is 4.65. The van der Waals surface area contributed by atoms with Crippen LogP contribution in [0.15, 0.2) is 0 Å². The number of phosphoric acid groups is 1. The zero-order chi connectivity index (χ0) is 15.8. The van der Waals surface area contributed by atoms with Crippen LogP contribution in [0.5, 0.6) is 0 Å². The second-order valence-electron chi connectivity index (χ2n) is 5.38. The van der Waals surface area contributed by atoms with Gasteiger partial charge in [0.2, 0.25) is 0 Å². The average Bonchev–Trinajstić information content (AvgIpc) is 2.50. The van der Waals surface area contributed by atoms with Gasteiger partial charge in [-0.1, -0.05) is 71.6 Å². The Labute approximate surface area is 129 Å². The molecule has 0 aromatic carbocycles. The molecule has 0 aliphatic heterocycles. The van der Waals surface area contributed by atoms with Crippen molar-refractivity contribution in [2.45, 2.75) is 84.5 Å². The molecule has 0 rings (SSSR count). The highest BCUT2D eigenvalue weighted by Crippen LogP contribution is 2.48. The molecule has 128 valence electrons. The van der Waals surface area contributed by atoms with Gasteiger partial charge < -0.3 is 0 Å². The van der Waals surface area contributed by atoms with Crippen LogP contribution < -0.4 is 0 Å². The molecule has 0 aliphatic carbocycles. The van der Waals surface area contributed by atoms with Gasteiger partial charge in [-0.3, -0.25) is 9.05 Å². The topological polar surface area (TPSA) is 65.0 Å². The molecule has 0 fully saturated rings. The number of unbranched alkanes of at least 4 members (excludes halogenated alkanes) is 9. The molecule has 0 heterocycles. The molecular formula is C15H33O5P. The zero-order valence-electron chi connectivity index (χ0n) is 13.7. The molecule has 0 amide bonds. The van der Waals surface area contributed by atoms with Crippen molar-refractivity contribution in [3.63, 3.8) is 0 Å². The molecule has 0 bridgehead atoms. The summed E-state index contributed by atoms with van der Waals surface area (Å²) in [6.07, 6.45) is 12.9. The highest BCUT2D eigenvalue weighted by Gasteiger charge is 2.26. The number of hydrogen-bond acceptors (Lipinski definition) is 5. The lowest BCUT2D eigenvalue weighted by atomic mass is 10.1. The van der Waals surface area contributed by atoms with E-state index in [0.29, 0.717) is 6.42 Å². The van der Waals surface area contributed by atoms with Gasteiger partial charge >= 0.3 is 7.82 Å². The summed E-state index contributed by atoms with van der Waals surface area (Å²) in [4.78, 5) is 0. The summed E-state index contributed by atoms with van der Waals surface area (Å²) >= 11 is 0. The van der Waals surface area contributed by atoms with Crippen LogP contribution in [-0.2, 0) is 18.3 Å². The fourth-order valence-electron chi connectivity index (χ4n) is 2.05. The summed E-state index contributed by atoms with van der Waals surface area (Å²) in [7, 11) is -3.74. The second-order valence-corrected chi connectivity index (χ2v) is 6.95. The molecule has 1 N–H and O–H groups in total. The van der Waals surface area contributed by atoms with Gasteiger partial charge in [0, 0.05) is 0 Å². The van der Waals surface area contributed by atoms with E-state index >= 15 is 0 Å². The molecule has 1 unspecified atom stereocenters. The third kappa shape index (κ3) is 13.5. The van der Waals surface area contributed by atoms with E-state index in [-0.39, 0.29) is 13.2 Å². The van der Waals surface area contributed by atoms with Crippen LogP contribution in [0.3, 0.4) is 0 Å². The zero-order valence-corrected chi connectivity index (χ0v) is 14.6. The first-order chi connectivity index (χ1) is 10.2. The van der Waals surface area contributed by atoms with E-state index in [1.807, 2.05) is 6.92 Å². The van der Waals surface area contributed by atoms with E-state index in [1.165, 1.54) is 44.9 Å². The molecule has 0 radical (unpaired) electrons. The first-order valence-electron chi connectivity index (χ1n) is 8.40. The van der Waals surface area contributed by atoms with Gasteiger partial charge in [-0.15, -0.1) is 4.67 Å². The van der Waals surface area contributed by atoms with Gasteiger partial charge in [0.1, 0.15) is 0 Å². The van der Waals surface area contributed by atoms with E-state index in [1.54, 1.807) is 0 Å². The Morgan fingerprint density at radius 2 is 1.19 bits per heavy atom. The van der Waals surface area contributed by atoms with Crippen molar-refractivity contribution in [1.29, 1.82) is 0 Å². The molecule has 0 aromatic heterocycles. The largest absolute Gasteiger partial charge is 0.501 e. The molecule has 0 aliphatic rings. The van der Waals surface area contributed by atoms with Gasteiger partial charge in [0.05, 0.1) is 13.2 Å².